The molecule has 1 aliphatic heterocycles. The Kier molecular flexibility index (Phi) is 5.74. The van der Waals surface area contributed by atoms with Gasteiger partial charge in [0.2, 0.25) is 0 Å². The predicted octanol–water partition coefficient (Wildman–Crippen LogP) is 7.12. The average molecular weight is 423 g/mol. The molecule has 30 heavy (non-hydrogen) atoms. The lowest BCUT2D eigenvalue weighted by molar-refractivity contribution is 0.657. The zero-order chi connectivity index (χ0) is 21.4. The van der Waals surface area contributed by atoms with Crippen LogP contribution in [0.3, 0.4) is 0 Å². The second-order valence-electron chi connectivity index (χ2n) is 8.46. The first-order valence-corrected chi connectivity index (χ1v) is 11.5. The fraction of sp³-hybridized carbons (Fsp3) is 0.360. The van der Waals surface area contributed by atoms with E-state index < -0.39 is 0 Å². The van der Waals surface area contributed by atoms with Gasteiger partial charge in [-0.1, -0.05) is 12.1 Å². The van der Waals surface area contributed by atoms with Crippen molar-refractivity contribution in [3.05, 3.63) is 64.1 Å². The van der Waals surface area contributed by atoms with Crippen LogP contribution in [-0.4, -0.2) is 18.6 Å². The van der Waals surface area contributed by atoms with Gasteiger partial charge >= 0.3 is 0 Å². The van der Waals surface area contributed by atoms with E-state index in [1.54, 1.807) is 6.07 Å². The van der Waals surface area contributed by atoms with Gasteiger partial charge in [-0.05, 0) is 82.1 Å². The Morgan fingerprint density at radius 2 is 1.53 bits per heavy atom. The molecule has 2 heterocycles. The van der Waals surface area contributed by atoms with Gasteiger partial charge in [-0.3, -0.25) is 0 Å². The van der Waals surface area contributed by atoms with Crippen LogP contribution in [0.25, 0.3) is 11.1 Å². The maximum Gasteiger partial charge on any atom is 0.176 e. The molecule has 1 aromatic heterocycles. The first-order chi connectivity index (χ1) is 14.4. The Morgan fingerprint density at radius 3 is 2.10 bits per heavy atom. The van der Waals surface area contributed by atoms with E-state index in [4.69, 9.17) is 0 Å². The Balaban J connectivity index is 1.91. The molecule has 0 saturated carbocycles. The molecule has 158 valence electrons. The highest BCUT2D eigenvalue weighted by Gasteiger charge is 2.33. The second-order valence-corrected chi connectivity index (χ2v) is 9.53. The standard InChI is InChI=1S/C25H30FN3S/c1-6-29-22-14-18(28-16(4)5)8-10-20(22)19-9-7-17(27-15(2)3)13-21(19)25(29)23-11-12-24(26)30-23/h7-16,25,27-28H,6H2,1-5H3/i26-1. The van der Waals surface area contributed by atoms with Gasteiger partial charge in [0, 0.05) is 46.1 Å². The second kappa shape index (κ2) is 8.31. The van der Waals surface area contributed by atoms with Crippen molar-refractivity contribution in [1.29, 1.82) is 0 Å². The summed E-state index contributed by atoms with van der Waals surface area (Å²) in [4.78, 5) is 3.43. The van der Waals surface area contributed by atoms with Crippen molar-refractivity contribution in [1.82, 2.24) is 0 Å². The smallest absolute Gasteiger partial charge is 0.176 e. The van der Waals surface area contributed by atoms with E-state index >= 15 is 0 Å². The summed E-state index contributed by atoms with van der Waals surface area (Å²) >= 11 is 1.24. The summed E-state index contributed by atoms with van der Waals surface area (Å²) < 4.78 is 14.0. The van der Waals surface area contributed by atoms with Crippen molar-refractivity contribution in [2.45, 2.75) is 52.7 Å². The SMILES string of the molecule is CCN1c2cc(NC(C)C)ccc2-c2ccc(NC(C)C)cc2C1c1ccc([18F])s1. The minimum Gasteiger partial charge on any atom is -0.383 e. The molecule has 1 atom stereocenters. The molecule has 5 heteroatoms. The summed E-state index contributed by atoms with van der Waals surface area (Å²) in [7, 11) is 0. The van der Waals surface area contributed by atoms with Gasteiger partial charge in [0.15, 0.2) is 5.13 Å². The van der Waals surface area contributed by atoms with Crippen molar-refractivity contribution >= 4 is 28.4 Å². The van der Waals surface area contributed by atoms with Crippen LogP contribution in [-0.2, 0) is 0 Å². The number of fused-ring (bicyclic) bond motifs is 3. The van der Waals surface area contributed by atoms with Crippen LogP contribution in [0.2, 0.25) is 0 Å². The number of nitrogens with one attached hydrogen (secondary N) is 2. The molecule has 0 amide bonds. The quantitative estimate of drug-likeness (QED) is 0.443. The summed E-state index contributed by atoms with van der Waals surface area (Å²) in [5.41, 5.74) is 7.08. The summed E-state index contributed by atoms with van der Waals surface area (Å²) in [6, 6.07) is 17.4. The van der Waals surface area contributed by atoms with Gasteiger partial charge in [-0.25, -0.2) is 0 Å². The average Bonchev–Trinajstić information content (AvgIpc) is 3.11. The Labute approximate surface area is 182 Å². The molecule has 0 bridgehead atoms. The van der Waals surface area contributed by atoms with Crippen LogP contribution in [0.15, 0.2) is 48.5 Å². The van der Waals surface area contributed by atoms with Gasteiger partial charge in [0.1, 0.15) is 0 Å². The lowest BCUT2D eigenvalue weighted by Gasteiger charge is -2.40. The van der Waals surface area contributed by atoms with E-state index in [0.717, 1.165) is 22.8 Å². The lowest BCUT2D eigenvalue weighted by Crippen LogP contribution is -2.32. The zero-order valence-electron chi connectivity index (χ0n) is 18.3. The van der Waals surface area contributed by atoms with E-state index in [2.05, 4.69) is 86.6 Å². The van der Waals surface area contributed by atoms with Gasteiger partial charge in [0.05, 0.1) is 6.04 Å². The lowest BCUT2D eigenvalue weighted by atomic mass is 9.86. The third-order valence-electron chi connectivity index (χ3n) is 5.37. The van der Waals surface area contributed by atoms with Crippen LogP contribution in [0.5, 0.6) is 0 Å². The maximum absolute atomic E-state index is 14.0. The molecule has 0 saturated heterocycles. The molecule has 3 aromatic rings. The van der Waals surface area contributed by atoms with E-state index in [-0.39, 0.29) is 11.2 Å². The van der Waals surface area contributed by atoms with E-state index in [1.807, 2.05) is 6.07 Å². The van der Waals surface area contributed by atoms with Crippen molar-refractivity contribution in [3.8, 4) is 11.1 Å². The molecular weight excluding hydrogens is 392 g/mol. The minimum absolute atomic E-state index is 0.00443. The third kappa shape index (κ3) is 3.91. The number of thiophene rings is 1. The molecule has 0 spiro atoms. The molecule has 1 aliphatic rings. The summed E-state index contributed by atoms with van der Waals surface area (Å²) in [6.07, 6.45) is 0. The Hall–Kier alpha value is -2.53. The van der Waals surface area contributed by atoms with Crippen LogP contribution < -0.4 is 15.5 Å². The molecule has 3 nitrogen and oxygen atoms in total. The summed E-state index contributed by atoms with van der Waals surface area (Å²) in [6.45, 7) is 11.6. The molecule has 4 rings (SSSR count). The Bertz CT molecular complexity index is 1040. The first kappa shape index (κ1) is 20.7. The van der Waals surface area contributed by atoms with Crippen molar-refractivity contribution in [3.63, 3.8) is 0 Å². The highest BCUT2D eigenvalue weighted by atomic mass is 32.1. The number of anilines is 3. The summed E-state index contributed by atoms with van der Waals surface area (Å²) in [5.74, 6) is 0. The van der Waals surface area contributed by atoms with Crippen molar-refractivity contribution in [2.24, 2.45) is 0 Å². The highest BCUT2D eigenvalue weighted by Crippen LogP contribution is 2.49. The molecule has 2 aromatic carbocycles. The molecule has 0 aliphatic carbocycles. The van der Waals surface area contributed by atoms with Gasteiger partial charge in [-0.2, -0.15) is 4.39 Å². The fourth-order valence-corrected chi connectivity index (χ4v) is 5.18. The first-order valence-electron chi connectivity index (χ1n) is 10.7. The minimum atomic E-state index is -0.139. The van der Waals surface area contributed by atoms with Crippen LogP contribution in [0.1, 0.15) is 51.1 Å². The maximum atomic E-state index is 14.0. The van der Waals surface area contributed by atoms with Crippen LogP contribution in [0.4, 0.5) is 21.5 Å². The van der Waals surface area contributed by atoms with Gasteiger partial charge in [-0.15, -0.1) is 11.3 Å². The Morgan fingerprint density at radius 1 is 0.900 bits per heavy atom. The molecular formula is C25H30FN3S. The van der Waals surface area contributed by atoms with Gasteiger partial charge < -0.3 is 15.5 Å². The monoisotopic (exact) mass is 422 g/mol. The molecule has 1 unspecified atom stereocenters. The van der Waals surface area contributed by atoms with Crippen molar-refractivity contribution < 1.29 is 4.39 Å². The zero-order valence-corrected chi connectivity index (χ0v) is 19.1. The van der Waals surface area contributed by atoms with Crippen LogP contribution in [0, 0.1) is 5.13 Å². The molecule has 0 radical (unpaired) electrons. The number of hydrogen-bond acceptors (Lipinski definition) is 4. The predicted molar refractivity (Wildman–Crippen MR) is 129 cm³/mol. The normalized spacial score (nSPS) is 15.3. The fourth-order valence-electron chi connectivity index (χ4n) is 4.32. The number of rotatable bonds is 6. The number of hydrogen-bond donors (Lipinski definition) is 2. The summed E-state index contributed by atoms with van der Waals surface area (Å²) in [5, 5.41) is 6.90. The van der Waals surface area contributed by atoms with Crippen LogP contribution >= 0.6 is 11.3 Å². The highest BCUT2D eigenvalue weighted by molar-refractivity contribution is 7.10. The van der Waals surface area contributed by atoms with E-state index in [0.29, 0.717) is 12.1 Å². The number of halogens is 1. The number of benzene rings is 2. The topological polar surface area (TPSA) is 27.3 Å². The van der Waals surface area contributed by atoms with E-state index in [9.17, 15) is 4.39 Å². The van der Waals surface area contributed by atoms with Gasteiger partial charge in [0.25, 0.3) is 0 Å². The van der Waals surface area contributed by atoms with E-state index in [1.165, 1.54) is 33.7 Å². The number of nitrogens with zero attached hydrogens (tertiary/aromatic N) is 1. The molecule has 0 fully saturated rings. The largest absolute Gasteiger partial charge is 0.383 e. The van der Waals surface area contributed by atoms with Crippen molar-refractivity contribution in [2.75, 3.05) is 22.1 Å². The molecule has 2 N–H and O–H groups in total. The third-order valence-corrected chi connectivity index (χ3v) is 6.30.